The highest BCUT2D eigenvalue weighted by molar-refractivity contribution is 6.30. The first-order chi connectivity index (χ1) is 14.2. The van der Waals surface area contributed by atoms with E-state index in [1.807, 2.05) is 11.8 Å². The van der Waals surface area contributed by atoms with E-state index in [2.05, 4.69) is 15.3 Å². The summed E-state index contributed by atoms with van der Waals surface area (Å²) in [6.07, 6.45) is -1.32. The van der Waals surface area contributed by atoms with Gasteiger partial charge < -0.3 is 15.0 Å². The average molecular weight is 444 g/mol. The summed E-state index contributed by atoms with van der Waals surface area (Å²) in [6.45, 7) is 3.24. The molecule has 1 unspecified atom stereocenters. The van der Waals surface area contributed by atoms with Gasteiger partial charge in [0.1, 0.15) is 11.9 Å². The summed E-state index contributed by atoms with van der Waals surface area (Å²) in [5.41, 5.74) is 0.770. The van der Waals surface area contributed by atoms with Crippen molar-refractivity contribution in [3.05, 3.63) is 45.0 Å². The van der Waals surface area contributed by atoms with Gasteiger partial charge in [-0.2, -0.15) is 18.2 Å². The van der Waals surface area contributed by atoms with Crippen LogP contribution in [0.5, 0.6) is 0 Å². The van der Waals surface area contributed by atoms with Crippen molar-refractivity contribution in [1.29, 1.82) is 0 Å². The molecule has 7 nitrogen and oxygen atoms in total. The second kappa shape index (κ2) is 8.07. The average Bonchev–Trinajstić information content (AvgIpc) is 2.69. The molecule has 0 spiro atoms. The summed E-state index contributed by atoms with van der Waals surface area (Å²) < 4.78 is 46.5. The van der Waals surface area contributed by atoms with Crippen LogP contribution in [0.25, 0.3) is 0 Å². The van der Waals surface area contributed by atoms with Gasteiger partial charge in [-0.15, -0.1) is 0 Å². The molecule has 2 aliphatic rings. The maximum atomic E-state index is 13.3. The Bertz CT molecular complexity index is 997. The highest BCUT2D eigenvalue weighted by Crippen LogP contribution is 2.31. The van der Waals surface area contributed by atoms with E-state index in [1.54, 1.807) is 12.3 Å². The summed E-state index contributed by atoms with van der Waals surface area (Å²) in [6, 6.07) is -0.1000. The van der Waals surface area contributed by atoms with Crippen LogP contribution in [0.1, 0.15) is 24.5 Å². The standard InChI is InChI=1S/C19H21ClF3N5O2/c1-11-10-30-5-4-27(11)16-14(7-12-6-13(20)9-24-8-12)17(29)28-3-2-15(19(21,22)23)25-18(28)26-16/h6,8-9,11,15H,2-5,7,10H2,1H3,(H,25,26)/t11-,15?/m1/s1. The van der Waals surface area contributed by atoms with Crippen molar-refractivity contribution in [1.82, 2.24) is 14.5 Å². The molecule has 2 atom stereocenters. The number of rotatable bonds is 3. The summed E-state index contributed by atoms with van der Waals surface area (Å²) in [7, 11) is 0. The number of ether oxygens (including phenoxy) is 1. The minimum absolute atomic E-state index is 0.0575. The van der Waals surface area contributed by atoms with E-state index < -0.39 is 12.2 Å². The number of nitrogens with one attached hydrogen (secondary N) is 1. The zero-order chi connectivity index (χ0) is 21.5. The van der Waals surface area contributed by atoms with Gasteiger partial charge in [-0.3, -0.25) is 14.3 Å². The lowest BCUT2D eigenvalue weighted by molar-refractivity contribution is -0.145. The van der Waals surface area contributed by atoms with Crippen LogP contribution >= 0.6 is 11.6 Å². The molecule has 162 valence electrons. The fourth-order valence-electron chi connectivity index (χ4n) is 3.82. The second-order valence-electron chi connectivity index (χ2n) is 7.53. The highest BCUT2D eigenvalue weighted by Gasteiger charge is 2.42. The van der Waals surface area contributed by atoms with Crippen molar-refractivity contribution in [2.45, 2.75) is 44.6 Å². The molecule has 0 bridgehead atoms. The molecule has 0 aromatic carbocycles. The van der Waals surface area contributed by atoms with E-state index in [9.17, 15) is 18.0 Å². The van der Waals surface area contributed by atoms with E-state index in [0.29, 0.717) is 36.2 Å². The molecule has 4 heterocycles. The fourth-order valence-corrected chi connectivity index (χ4v) is 4.02. The molecule has 30 heavy (non-hydrogen) atoms. The van der Waals surface area contributed by atoms with Crippen LogP contribution in [-0.2, 0) is 17.7 Å². The Balaban J connectivity index is 1.81. The Hall–Kier alpha value is -2.33. The number of nitrogens with zero attached hydrogens (tertiary/aromatic N) is 4. The predicted octanol–water partition coefficient (Wildman–Crippen LogP) is 2.85. The van der Waals surface area contributed by atoms with Crippen LogP contribution in [-0.4, -0.2) is 52.6 Å². The third-order valence-electron chi connectivity index (χ3n) is 5.36. The van der Waals surface area contributed by atoms with Gasteiger partial charge in [0, 0.05) is 31.9 Å². The molecule has 1 fully saturated rings. The number of alkyl halides is 3. The molecule has 0 saturated carbocycles. The Morgan fingerprint density at radius 1 is 1.33 bits per heavy atom. The van der Waals surface area contributed by atoms with E-state index in [4.69, 9.17) is 16.3 Å². The molecular weight excluding hydrogens is 423 g/mol. The second-order valence-corrected chi connectivity index (χ2v) is 7.96. The molecule has 2 aromatic rings. The topological polar surface area (TPSA) is 72.3 Å². The van der Waals surface area contributed by atoms with Gasteiger partial charge >= 0.3 is 6.18 Å². The van der Waals surface area contributed by atoms with E-state index in [0.717, 1.165) is 5.56 Å². The smallest absolute Gasteiger partial charge is 0.377 e. The number of halogens is 4. The zero-order valence-electron chi connectivity index (χ0n) is 16.2. The maximum Gasteiger partial charge on any atom is 0.408 e. The Morgan fingerprint density at radius 3 is 2.83 bits per heavy atom. The third kappa shape index (κ3) is 4.11. The van der Waals surface area contributed by atoms with Crippen molar-refractivity contribution in [3.8, 4) is 0 Å². The maximum absolute atomic E-state index is 13.3. The van der Waals surface area contributed by atoms with Crippen LogP contribution in [0, 0.1) is 0 Å². The summed E-state index contributed by atoms with van der Waals surface area (Å²) in [4.78, 5) is 23.8. The molecule has 4 rings (SSSR count). The van der Waals surface area contributed by atoms with Crippen LogP contribution in [0.15, 0.2) is 23.3 Å². The number of hydrogen-bond donors (Lipinski definition) is 1. The lowest BCUT2D eigenvalue weighted by Crippen LogP contribution is -2.48. The molecule has 1 saturated heterocycles. The lowest BCUT2D eigenvalue weighted by Gasteiger charge is -2.37. The first-order valence-corrected chi connectivity index (χ1v) is 10.0. The molecule has 2 aromatic heterocycles. The van der Waals surface area contributed by atoms with Crippen molar-refractivity contribution in [3.63, 3.8) is 0 Å². The predicted molar refractivity (Wildman–Crippen MR) is 106 cm³/mol. The normalized spacial score (nSPS) is 21.8. The number of hydrogen-bond acceptors (Lipinski definition) is 6. The van der Waals surface area contributed by atoms with Gasteiger partial charge in [-0.25, -0.2) is 0 Å². The Kier molecular flexibility index (Phi) is 5.63. The summed E-state index contributed by atoms with van der Waals surface area (Å²) in [5.74, 6) is 0.313. The van der Waals surface area contributed by atoms with Gasteiger partial charge in [0.2, 0.25) is 5.95 Å². The molecule has 0 amide bonds. The van der Waals surface area contributed by atoms with E-state index in [1.165, 1.54) is 10.8 Å². The number of anilines is 2. The van der Waals surface area contributed by atoms with Crippen LogP contribution in [0.2, 0.25) is 5.02 Å². The molecule has 1 N–H and O–H groups in total. The Labute approximate surface area is 175 Å². The van der Waals surface area contributed by atoms with Crippen LogP contribution in [0.3, 0.4) is 0 Å². The lowest BCUT2D eigenvalue weighted by atomic mass is 10.1. The molecule has 11 heteroatoms. The van der Waals surface area contributed by atoms with Crippen LogP contribution in [0.4, 0.5) is 24.9 Å². The summed E-state index contributed by atoms with van der Waals surface area (Å²) in [5, 5.41) is 2.85. The summed E-state index contributed by atoms with van der Waals surface area (Å²) >= 11 is 6.03. The SMILES string of the molecule is C[C@@H]1COCCN1c1nc2n(c(=O)c1Cc1cncc(Cl)c1)CCC(C(F)(F)F)N2. The molecule has 0 radical (unpaired) electrons. The van der Waals surface area contributed by atoms with Gasteiger partial charge in [-0.1, -0.05) is 11.6 Å². The third-order valence-corrected chi connectivity index (χ3v) is 5.57. The first kappa shape index (κ1) is 20.9. The number of aromatic nitrogens is 3. The van der Waals surface area contributed by atoms with Gasteiger partial charge in [-0.05, 0) is 25.0 Å². The highest BCUT2D eigenvalue weighted by atomic mass is 35.5. The van der Waals surface area contributed by atoms with Crippen molar-refractivity contribution in [2.75, 3.05) is 30.0 Å². The molecule has 0 aliphatic carbocycles. The molecule has 2 aliphatic heterocycles. The first-order valence-electron chi connectivity index (χ1n) is 9.65. The van der Waals surface area contributed by atoms with E-state index in [-0.39, 0.29) is 36.9 Å². The molecular formula is C19H21ClF3N5O2. The van der Waals surface area contributed by atoms with Gasteiger partial charge in [0.05, 0.1) is 29.8 Å². The van der Waals surface area contributed by atoms with Gasteiger partial charge in [0.15, 0.2) is 0 Å². The minimum Gasteiger partial charge on any atom is -0.377 e. The Morgan fingerprint density at radius 2 is 2.13 bits per heavy atom. The number of fused-ring (bicyclic) bond motifs is 1. The van der Waals surface area contributed by atoms with Gasteiger partial charge in [0.25, 0.3) is 5.56 Å². The number of pyridine rings is 1. The van der Waals surface area contributed by atoms with Crippen molar-refractivity contribution < 1.29 is 17.9 Å². The van der Waals surface area contributed by atoms with Crippen molar-refractivity contribution >= 4 is 23.4 Å². The monoisotopic (exact) mass is 443 g/mol. The zero-order valence-corrected chi connectivity index (χ0v) is 17.0. The fraction of sp³-hybridized carbons (Fsp3) is 0.526. The largest absolute Gasteiger partial charge is 0.408 e. The quantitative estimate of drug-likeness (QED) is 0.786. The van der Waals surface area contributed by atoms with Crippen molar-refractivity contribution in [2.24, 2.45) is 0 Å². The number of morpholine rings is 1. The van der Waals surface area contributed by atoms with Crippen LogP contribution < -0.4 is 15.8 Å². The van der Waals surface area contributed by atoms with E-state index >= 15 is 0 Å². The minimum atomic E-state index is -4.42.